The van der Waals surface area contributed by atoms with E-state index < -0.39 is 24.1 Å². The van der Waals surface area contributed by atoms with Crippen LogP contribution in [0.4, 0.5) is 0 Å². The van der Waals surface area contributed by atoms with E-state index in [4.69, 9.17) is 9.47 Å². The molecule has 24 heavy (non-hydrogen) atoms. The van der Waals surface area contributed by atoms with Gasteiger partial charge in [-0.2, -0.15) is 0 Å². The molecule has 2 rings (SSSR count). The van der Waals surface area contributed by atoms with Crippen LogP contribution in [0.3, 0.4) is 0 Å². The first-order valence-electron chi connectivity index (χ1n) is 7.36. The zero-order valence-corrected chi connectivity index (χ0v) is 13.3. The van der Waals surface area contributed by atoms with Crippen molar-refractivity contribution in [2.75, 3.05) is 0 Å². The highest BCUT2D eigenvalue weighted by molar-refractivity contribution is 6.29. The van der Waals surface area contributed by atoms with Gasteiger partial charge in [0.1, 0.15) is 23.7 Å². The van der Waals surface area contributed by atoms with E-state index in [2.05, 4.69) is 0 Å². The topological polar surface area (TPSA) is 93.1 Å². The summed E-state index contributed by atoms with van der Waals surface area (Å²) in [5.74, 6) is -2.00. The van der Waals surface area contributed by atoms with Crippen molar-refractivity contribution in [2.45, 2.75) is 26.1 Å². The first kappa shape index (κ1) is 17.3. The summed E-state index contributed by atoms with van der Waals surface area (Å²) >= 11 is 0. The molecule has 0 aliphatic rings. The lowest BCUT2D eigenvalue weighted by molar-refractivity contribution is -0.173. The predicted molar refractivity (Wildman–Crippen MR) is 85.2 cm³/mol. The standard InChI is InChI=1S/C18H18O6/c1-11(13-3-7-15(19)8-4-13)23-17(21)18(22)24-12(2)14-5-9-16(20)10-6-14/h3-12,19-20H,1-2H3. The molecule has 0 heterocycles. The molecule has 126 valence electrons. The van der Waals surface area contributed by atoms with Crippen molar-refractivity contribution in [1.82, 2.24) is 0 Å². The van der Waals surface area contributed by atoms with E-state index in [1.54, 1.807) is 38.1 Å². The van der Waals surface area contributed by atoms with Gasteiger partial charge < -0.3 is 19.7 Å². The van der Waals surface area contributed by atoms with Gasteiger partial charge in [0.25, 0.3) is 0 Å². The lowest BCUT2D eigenvalue weighted by Gasteiger charge is -2.16. The van der Waals surface area contributed by atoms with Gasteiger partial charge in [0, 0.05) is 0 Å². The average molecular weight is 330 g/mol. The van der Waals surface area contributed by atoms with Crippen LogP contribution in [0.15, 0.2) is 48.5 Å². The molecule has 0 aliphatic carbocycles. The Balaban J connectivity index is 1.92. The van der Waals surface area contributed by atoms with E-state index >= 15 is 0 Å². The molecular weight excluding hydrogens is 312 g/mol. The molecule has 0 saturated carbocycles. The normalized spacial score (nSPS) is 12.9. The van der Waals surface area contributed by atoms with Crippen molar-refractivity contribution in [3.8, 4) is 11.5 Å². The highest BCUT2D eigenvalue weighted by Crippen LogP contribution is 2.22. The third-order valence-corrected chi connectivity index (χ3v) is 3.46. The van der Waals surface area contributed by atoms with Crippen LogP contribution in [0.1, 0.15) is 37.2 Å². The fourth-order valence-corrected chi connectivity index (χ4v) is 2.04. The average Bonchev–Trinajstić information content (AvgIpc) is 2.55. The number of esters is 2. The number of hydrogen-bond acceptors (Lipinski definition) is 6. The molecule has 0 bridgehead atoms. The first-order valence-corrected chi connectivity index (χ1v) is 7.36. The zero-order chi connectivity index (χ0) is 17.7. The fraction of sp³-hybridized carbons (Fsp3) is 0.222. The van der Waals surface area contributed by atoms with Gasteiger partial charge in [0.15, 0.2) is 0 Å². The van der Waals surface area contributed by atoms with E-state index in [-0.39, 0.29) is 11.5 Å². The Kier molecular flexibility index (Phi) is 5.42. The number of hydrogen-bond donors (Lipinski definition) is 2. The number of carbonyl (C=O) groups excluding carboxylic acids is 2. The minimum Gasteiger partial charge on any atom is -0.508 e. The van der Waals surface area contributed by atoms with Gasteiger partial charge >= 0.3 is 11.9 Å². The molecule has 0 fully saturated rings. The van der Waals surface area contributed by atoms with Crippen molar-refractivity contribution in [3.05, 3.63) is 59.7 Å². The summed E-state index contributed by atoms with van der Waals surface area (Å²) in [6.45, 7) is 3.22. The minimum absolute atomic E-state index is 0.0967. The van der Waals surface area contributed by atoms with Gasteiger partial charge in [-0.25, -0.2) is 9.59 Å². The number of phenols is 2. The van der Waals surface area contributed by atoms with Crippen LogP contribution in [-0.2, 0) is 19.1 Å². The molecule has 2 aromatic carbocycles. The molecule has 0 amide bonds. The van der Waals surface area contributed by atoms with Crippen LogP contribution in [0.5, 0.6) is 11.5 Å². The molecule has 2 unspecified atom stereocenters. The van der Waals surface area contributed by atoms with Crippen LogP contribution in [0, 0.1) is 0 Å². The summed E-state index contributed by atoms with van der Waals surface area (Å²) in [6.07, 6.45) is -1.32. The SMILES string of the molecule is CC(OC(=O)C(=O)OC(C)c1ccc(O)cc1)c1ccc(O)cc1. The minimum atomic E-state index is -1.10. The molecule has 0 aromatic heterocycles. The maximum absolute atomic E-state index is 11.8. The number of carbonyl (C=O) groups is 2. The van der Waals surface area contributed by atoms with Gasteiger partial charge in [0.2, 0.25) is 0 Å². The maximum Gasteiger partial charge on any atom is 0.418 e. The molecule has 0 radical (unpaired) electrons. The molecule has 2 atom stereocenters. The smallest absolute Gasteiger partial charge is 0.418 e. The number of benzene rings is 2. The predicted octanol–water partition coefficient (Wildman–Crippen LogP) is 3.01. The summed E-state index contributed by atoms with van der Waals surface area (Å²) in [5.41, 5.74) is 1.28. The summed E-state index contributed by atoms with van der Waals surface area (Å²) in [5, 5.41) is 18.5. The monoisotopic (exact) mass is 330 g/mol. The largest absolute Gasteiger partial charge is 0.508 e. The molecule has 6 nitrogen and oxygen atoms in total. The fourth-order valence-electron chi connectivity index (χ4n) is 2.04. The Hall–Kier alpha value is -3.02. The van der Waals surface area contributed by atoms with Crippen molar-refractivity contribution in [1.29, 1.82) is 0 Å². The zero-order valence-electron chi connectivity index (χ0n) is 13.3. The van der Waals surface area contributed by atoms with E-state index in [0.717, 1.165) is 0 Å². The van der Waals surface area contributed by atoms with Gasteiger partial charge in [-0.3, -0.25) is 0 Å². The Morgan fingerprint density at radius 2 is 1.00 bits per heavy atom. The van der Waals surface area contributed by atoms with Crippen molar-refractivity contribution in [3.63, 3.8) is 0 Å². The third kappa shape index (κ3) is 4.49. The Morgan fingerprint density at radius 1 is 0.708 bits per heavy atom. The van der Waals surface area contributed by atoms with E-state index in [0.29, 0.717) is 11.1 Å². The van der Waals surface area contributed by atoms with Crippen LogP contribution in [-0.4, -0.2) is 22.2 Å². The summed E-state index contributed by atoms with van der Waals surface area (Å²) in [6, 6.07) is 12.2. The quantitative estimate of drug-likeness (QED) is 0.661. The van der Waals surface area contributed by atoms with Gasteiger partial charge in [-0.05, 0) is 49.2 Å². The number of rotatable bonds is 4. The lowest BCUT2D eigenvalue weighted by atomic mass is 10.1. The molecule has 0 saturated heterocycles. The van der Waals surface area contributed by atoms with Crippen LogP contribution < -0.4 is 0 Å². The lowest BCUT2D eigenvalue weighted by Crippen LogP contribution is -2.23. The van der Waals surface area contributed by atoms with Crippen LogP contribution >= 0.6 is 0 Å². The van der Waals surface area contributed by atoms with Crippen molar-refractivity contribution >= 4 is 11.9 Å². The molecular formula is C18H18O6. The van der Waals surface area contributed by atoms with E-state index in [1.807, 2.05) is 0 Å². The second-order valence-electron chi connectivity index (χ2n) is 5.28. The Labute approximate surface area is 139 Å². The summed E-state index contributed by atoms with van der Waals surface area (Å²) < 4.78 is 10.1. The highest BCUT2D eigenvalue weighted by atomic mass is 16.6. The second kappa shape index (κ2) is 7.50. The first-order chi connectivity index (χ1) is 11.4. The molecule has 0 aliphatic heterocycles. The Bertz CT molecular complexity index is 642. The van der Waals surface area contributed by atoms with E-state index in [1.165, 1.54) is 24.3 Å². The highest BCUT2D eigenvalue weighted by Gasteiger charge is 2.23. The Morgan fingerprint density at radius 3 is 1.29 bits per heavy atom. The summed E-state index contributed by atoms with van der Waals surface area (Å²) in [7, 11) is 0. The van der Waals surface area contributed by atoms with Crippen molar-refractivity contribution < 1.29 is 29.3 Å². The number of aromatic hydroxyl groups is 2. The summed E-state index contributed by atoms with van der Waals surface area (Å²) in [4.78, 5) is 23.7. The molecule has 6 heteroatoms. The van der Waals surface area contributed by atoms with Gasteiger partial charge in [-0.1, -0.05) is 24.3 Å². The van der Waals surface area contributed by atoms with E-state index in [9.17, 15) is 19.8 Å². The molecule has 0 spiro atoms. The van der Waals surface area contributed by atoms with Crippen LogP contribution in [0.25, 0.3) is 0 Å². The molecule has 2 N–H and O–H groups in total. The third-order valence-electron chi connectivity index (χ3n) is 3.46. The number of phenolic OH excluding ortho intramolecular Hbond substituents is 2. The van der Waals surface area contributed by atoms with Crippen LogP contribution in [0.2, 0.25) is 0 Å². The van der Waals surface area contributed by atoms with Crippen molar-refractivity contribution in [2.24, 2.45) is 0 Å². The van der Waals surface area contributed by atoms with Gasteiger partial charge in [-0.15, -0.1) is 0 Å². The second-order valence-corrected chi connectivity index (χ2v) is 5.28. The van der Waals surface area contributed by atoms with Gasteiger partial charge in [0.05, 0.1) is 0 Å². The molecule has 2 aromatic rings. The number of ether oxygens (including phenoxy) is 2. The maximum atomic E-state index is 11.8.